The number of aromatic nitrogens is 2. The van der Waals surface area contributed by atoms with Crippen molar-refractivity contribution in [1.29, 1.82) is 0 Å². The molecule has 0 unspecified atom stereocenters. The van der Waals surface area contributed by atoms with Gasteiger partial charge in [0.1, 0.15) is 5.75 Å². The zero-order valence-corrected chi connectivity index (χ0v) is 10.1. The van der Waals surface area contributed by atoms with Crippen molar-refractivity contribution in [3.63, 3.8) is 0 Å². The molecule has 0 saturated heterocycles. The predicted octanol–water partition coefficient (Wildman–Crippen LogP) is 2.31. The van der Waals surface area contributed by atoms with E-state index >= 15 is 0 Å². The maximum absolute atomic E-state index is 5.72. The zero-order chi connectivity index (χ0) is 12.3. The summed E-state index contributed by atoms with van der Waals surface area (Å²) >= 11 is 5.72. The molecule has 0 bridgehead atoms. The third kappa shape index (κ3) is 2.65. The van der Waals surface area contributed by atoms with E-state index in [-0.39, 0.29) is 5.15 Å². The van der Waals surface area contributed by atoms with E-state index in [1.807, 2.05) is 24.3 Å². The fraction of sp³-hybridized carbons (Fsp3) is 0.167. The summed E-state index contributed by atoms with van der Waals surface area (Å²) < 4.78 is 5.27. The molecule has 2 N–H and O–H groups in total. The average Bonchev–Trinajstić information content (AvgIpc) is 2.34. The van der Waals surface area contributed by atoms with Gasteiger partial charge in [0.15, 0.2) is 5.15 Å². The van der Waals surface area contributed by atoms with E-state index in [0.717, 1.165) is 17.0 Å². The molecule has 1 heterocycles. The van der Waals surface area contributed by atoms with Crippen LogP contribution in [0.3, 0.4) is 0 Å². The Hall–Kier alpha value is -1.81. The number of rotatable bonds is 3. The van der Waals surface area contributed by atoms with Crippen molar-refractivity contribution in [3.8, 4) is 5.75 Å². The Balaban J connectivity index is 2.28. The molecule has 0 spiro atoms. The summed E-state index contributed by atoms with van der Waals surface area (Å²) in [6.07, 6.45) is 0.610. The fourth-order valence-corrected chi connectivity index (χ4v) is 1.66. The van der Waals surface area contributed by atoms with Crippen molar-refractivity contribution in [3.05, 3.63) is 46.7 Å². The number of para-hydroxylation sites is 1. The van der Waals surface area contributed by atoms with Crippen molar-refractivity contribution >= 4 is 17.3 Å². The number of methoxy groups -OCH3 is 1. The van der Waals surface area contributed by atoms with Crippen molar-refractivity contribution in [2.75, 3.05) is 12.8 Å². The number of nitrogens with two attached hydrogens (primary N) is 1. The number of ether oxygens (including phenoxy) is 1. The predicted molar refractivity (Wildman–Crippen MR) is 67.3 cm³/mol. The number of hydrogen-bond donors (Lipinski definition) is 1. The molecule has 1 aromatic heterocycles. The van der Waals surface area contributed by atoms with Crippen molar-refractivity contribution in [2.45, 2.75) is 6.42 Å². The lowest BCUT2D eigenvalue weighted by Gasteiger charge is -2.07. The van der Waals surface area contributed by atoms with Crippen LogP contribution in [0.5, 0.6) is 5.75 Å². The minimum Gasteiger partial charge on any atom is -0.496 e. The molecule has 0 aliphatic carbocycles. The molecule has 0 aliphatic heterocycles. The largest absolute Gasteiger partial charge is 0.496 e. The van der Waals surface area contributed by atoms with Gasteiger partial charge < -0.3 is 10.5 Å². The van der Waals surface area contributed by atoms with Crippen LogP contribution < -0.4 is 10.5 Å². The summed E-state index contributed by atoms with van der Waals surface area (Å²) in [6, 6.07) is 9.48. The van der Waals surface area contributed by atoms with Crippen LogP contribution in [0, 0.1) is 0 Å². The van der Waals surface area contributed by atoms with Gasteiger partial charge in [0.25, 0.3) is 0 Å². The molecule has 0 amide bonds. The van der Waals surface area contributed by atoms with Crippen LogP contribution in [-0.2, 0) is 6.42 Å². The number of hydrogen-bond acceptors (Lipinski definition) is 4. The maximum Gasteiger partial charge on any atom is 0.174 e. The third-order valence-corrected chi connectivity index (χ3v) is 2.68. The second-order valence-electron chi connectivity index (χ2n) is 3.57. The molecule has 0 saturated carbocycles. The van der Waals surface area contributed by atoms with Gasteiger partial charge in [-0.2, -0.15) is 5.10 Å². The topological polar surface area (TPSA) is 61.0 Å². The molecular weight excluding hydrogens is 238 g/mol. The van der Waals surface area contributed by atoms with E-state index in [1.54, 1.807) is 13.2 Å². The Labute approximate surface area is 104 Å². The highest BCUT2D eigenvalue weighted by Crippen LogP contribution is 2.22. The Morgan fingerprint density at radius 2 is 2.06 bits per heavy atom. The molecule has 0 radical (unpaired) electrons. The van der Waals surface area contributed by atoms with Crippen molar-refractivity contribution in [2.24, 2.45) is 0 Å². The van der Waals surface area contributed by atoms with Gasteiger partial charge in [-0.25, -0.2) is 0 Å². The molecule has 1 aromatic carbocycles. The highest BCUT2D eigenvalue weighted by atomic mass is 35.5. The Bertz CT molecular complexity index is 531. The number of nitrogen functional groups attached to an aromatic ring is 1. The Kier molecular flexibility index (Phi) is 3.44. The lowest BCUT2D eigenvalue weighted by Crippen LogP contribution is -2.00. The summed E-state index contributed by atoms with van der Waals surface area (Å²) in [7, 11) is 1.64. The summed E-state index contributed by atoms with van der Waals surface area (Å²) in [5.41, 5.74) is 7.91. The van der Waals surface area contributed by atoms with E-state index in [4.69, 9.17) is 22.1 Å². The lowest BCUT2D eigenvalue weighted by molar-refractivity contribution is 0.410. The summed E-state index contributed by atoms with van der Waals surface area (Å²) in [5.74, 6) is 0.822. The van der Waals surface area contributed by atoms with E-state index in [2.05, 4.69) is 10.2 Å². The van der Waals surface area contributed by atoms with Crippen LogP contribution in [0.1, 0.15) is 11.3 Å². The van der Waals surface area contributed by atoms with E-state index in [1.165, 1.54) is 0 Å². The molecule has 0 aliphatic rings. The maximum atomic E-state index is 5.72. The Morgan fingerprint density at radius 3 is 2.76 bits per heavy atom. The van der Waals surface area contributed by atoms with Gasteiger partial charge in [0.05, 0.1) is 18.5 Å². The molecule has 0 atom stereocenters. The molecule has 2 rings (SSSR count). The van der Waals surface area contributed by atoms with Crippen molar-refractivity contribution < 1.29 is 4.74 Å². The number of benzene rings is 1. The second kappa shape index (κ2) is 5.01. The molecule has 4 nitrogen and oxygen atoms in total. The van der Waals surface area contributed by atoms with Crippen LogP contribution in [0.15, 0.2) is 30.3 Å². The first-order valence-corrected chi connectivity index (χ1v) is 5.48. The van der Waals surface area contributed by atoms with Gasteiger partial charge in [0, 0.05) is 12.0 Å². The highest BCUT2D eigenvalue weighted by Gasteiger charge is 2.06. The van der Waals surface area contributed by atoms with Gasteiger partial charge in [-0.1, -0.05) is 29.8 Å². The molecule has 88 valence electrons. The van der Waals surface area contributed by atoms with Crippen LogP contribution >= 0.6 is 11.6 Å². The summed E-state index contributed by atoms with van der Waals surface area (Å²) in [5, 5.41) is 8.00. The van der Waals surface area contributed by atoms with Gasteiger partial charge in [-0.05, 0) is 12.1 Å². The van der Waals surface area contributed by atoms with Gasteiger partial charge in [-0.15, -0.1) is 5.10 Å². The molecule has 0 fully saturated rings. The van der Waals surface area contributed by atoms with E-state index in [0.29, 0.717) is 12.1 Å². The second-order valence-corrected chi connectivity index (χ2v) is 3.93. The van der Waals surface area contributed by atoms with Crippen LogP contribution in [0.2, 0.25) is 5.15 Å². The van der Waals surface area contributed by atoms with E-state index < -0.39 is 0 Å². The molecule has 2 aromatic rings. The SMILES string of the molecule is COc1ccccc1Cc1cc(N)c(Cl)nn1. The normalized spacial score (nSPS) is 10.2. The zero-order valence-electron chi connectivity index (χ0n) is 9.35. The summed E-state index contributed by atoms with van der Waals surface area (Å²) in [6.45, 7) is 0. The average molecular weight is 250 g/mol. The number of anilines is 1. The van der Waals surface area contributed by atoms with Gasteiger partial charge in [0.2, 0.25) is 0 Å². The number of halogens is 1. The van der Waals surface area contributed by atoms with E-state index in [9.17, 15) is 0 Å². The van der Waals surface area contributed by atoms with Crippen LogP contribution in [0.4, 0.5) is 5.69 Å². The van der Waals surface area contributed by atoms with Gasteiger partial charge >= 0.3 is 0 Å². The standard InChI is InChI=1S/C12H12ClN3O/c1-17-11-5-3-2-4-8(11)6-9-7-10(14)12(13)16-15-9/h2-5,7H,6H2,1H3,(H2,14,15). The fourth-order valence-electron chi connectivity index (χ4n) is 1.56. The Morgan fingerprint density at radius 1 is 1.29 bits per heavy atom. The minimum atomic E-state index is 0.230. The number of nitrogens with zero attached hydrogens (tertiary/aromatic N) is 2. The monoisotopic (exact) mass is 249 g/mol. The first-order chi connectivity index (χ1) is 8.20. The smallest absolute Gasteiger partial charge is 0.174 e. The quantitative estimate of drug-likeness (QED) is 0.907. The lowest BCUT2D eigenvalue weighted by atomic mass is 10.1. The summed E-state index contributed by atoms with van der Waals surface area (Å²) in [4.78, 5) is 0. The third-order valence-electron chi connectivity index (χ3n) is 2.39. The highest BCUT2D eigenvalue weighted by molar-refractivity contribution is 6.31. The molecule has 5 heteroatoms. The minimum absolute atomic E-state index is 0.230. The van der Waals surface area contributed by atoms with Gasteiger partial charge in [-0.3, -0.25) is 0 Å². The van der Waals surface area contributed by atoms with Crippen molar-refractivity contribution in [1.82, 2.24) is 10.2 Å². The van der Waals surface area contributed by atoms with Crippen LogP contribution in [0.25, 0.3) is 0 Å². The van der Waals surface area contributed by atoms with Crippen LogP contribution in [-0.4, -0.2) is 17.3 Å². The molecule has 17 heavy (non-hydrogen) atoms. The molecular formula is C12H12ClN3O. The first-order valence-electron chi connectivity index (χ1n) is 5.10. The first kappa shape index (κ1) is 11.7.